The first-order valence-corrected chi connectivity index (χ1v) is 5.27. The molecule has 1 heterocycles. The summed E-state index contributed by atoms with van der Waals surface area (Å²) >= 11 is 5.89. The zero-order valence-corrected chi connectivity index (χ0v) is 9.53. The van der Waals surface area contributed by atoms with E-state index in [1.807, 2.05) is 19.1 Å². The molecule has 16 heavy (non-hydrogen) atoms. The van der Waals surface area contributed by atoms with Crippen LogP contribution in [0.3, 0.4) is 0 Å². The van der Waals surface area contributed by atoms with Gasteiger partial charge in [-0.1, -0.05) is 17.7 Å². The highest BCUT2D eigenvalue weighted by Crippen LogP contribution is 2.26. The van der Waals surface area contributed by atoms with Crippen molar-refractivity contribution < 1.29 is 4.79 Å². The van der Waals surface area contributed by atoms with Gasteiger partial charge in [0.2, 0.25) is 0 Å². The van der Waals surface area contributed by atoms with E-state index in [0.717, 1.165) is 17.4 Å². The van der Waals surface area contributed by atoms with Gasteiger partial charge in [-0.05, 0) is 36.8 Å². The van der Waals surface area contributed by atoms with Gasteiger partial charge in [0, 0.05) is 22.3 Å². The standard InChI is InChI=1S/C13H10ClNO/c1-9-7-11(14)4-5-12(9)13-10(8-16)3-2-6-15-13/h2-8H,1H3. The zero-order valence-electron chi connectivity index (χ0n) is 8.77. The number of carbonyl (C=O) groups is 1. The van der Waals surface area contributed by atoms with Crippen molar-refractivity contribution in [2.75, 3.05) is 0 Å². The average Bonchev–Trinajstić information content (AvgIpc) is 2.29. The summed E-state index contributed by atoms with van der Waals surface area (Å²) in [5, 5.41) is 0.685. The summed E-state index contributed by atoms with van der Waals surface area (Å²) in [4.78, 5) is 15.1. The lowest BCUT2D eigenvalue weighted by Crippen LogP contribution is -1.92. The van der Waals surface area contributed by atoms with Gasteiger partial charge in [0.25, 0.3) is 0 Å². The summed E-state index contributed by atoms with van der Waals surface area (Å²) in [5.74, 6) is 0. The van der Waals surface area contributed by atoms with Gasteiger partial charge in [-0.25, -0.2) is 0 Å². The van der Waals surface area contributed by atoms with Crippen LogP contribution in [-0.4, -0.2) is 11.3 Å². The predicted molar refractivity (Wildman–Crippen MR) is 64.8 cm³/mol. The molecule has 0 amide bonds. The molecule has 0 saturated carbocycles. The second-order valence-electron chi connectivity index (χ2n) is 3.52. The number of hydrogen-bond acceptors (Lipinski definition) is 2. The van der Waals surface area contributed by atoms with Crippen molar-refractivity contribution in [1.29, 1.82) is 0 Å². The second kappa shape index (κ2) is 4.45. The van der Waals surface area contributed by atoms with Crippen molar-refractivity contribution in [3.63, 3.8) is 0 Å². The van der Waals surface area contributed by atoms with E-state index in [9.17, 15) is 4.79 Å². The highest BCUT2D eigenvalue weighted by molar-refractivity contribution is 6.30. The van der Waals surface area contributed by atoms with Gasteiger partial charge in [-0.2, -0.15) is 0 Å². The predicted octanol–water partition coefficient (Wildman–Crippen LogP) is 3.52. The molecule has 0 aliphatic rings. The molecular weight excluding hydrogens is 222 g/mol. The van der Waals surface area contributed by atoms with E-state index in [2.05, 4.69) is 4.98 Å². The topological polar surface area (TPSA) is 30.0 Å². The van der Waals surface area contributed by atoms with E-state index >= 15 is 0 Å². The van der Waals surface area contributed by atoms with Crippen LogP contribution < -0.4 is 0 Å². The Morgan fingerprint density at radius 2 is 2.12 bits per heavy atom. The molecular formula is C13H10ClNO. The van der Waals surface area contributed by atoms with E-state index in [1.165, 1.54) is 0 Å². The Morgan fingerprint density at radius 3 is 2.81 bits per heavy atom. The molecule has 80 valence electrons. The maximum Gasteiger partial charge on any atom is 0.152 e. The third-order valence-electron chi connectivity index (χ3n) is 2.41. The molecule has 0 spiro atoms. The lowest BCUT2D eigenvalue weighted by atomic mass is 10.0. The third-order valence-corrected chi connectivity index (χ3v) is 2.64. The first-order valence-electron chi connectivity index (χ1n) is 4.89. The number of carbonyl (C=O) groups excluding carboxylic acids is 1. The van der Waals surface area contributed by atoms with Crippen LogP contribution in [0.15, 0.2) is 36.5 Å². The maximum absolute atomic E-state index is 10.9. The van der Waals surface area contributed by atoms with E-state index in [0.29, 0.717) is 16.3 Å². The first kappa shape index (κ1) is 10.8. The number of pyridine rings is 1. The lowest BCUT2D eigenvalue weighted by Gasteiger charge is -2.07. The Hall–Kier alpha value is -1.67. The van der Waals surface area contributed by atoms with Crippen LogP contribution >= 0.6 is 11.6 Å². The van der Waals surface area contributed by atoms with Crippen LogP contribution in [0.5, 0.6) is 0 Å². The number of halogens is 1. The molecule has 2 aromatic rings. The molecule has 0 fully saturated rings. The molecule has 0 saturated heterocycles. The van der Waals surface area contributed by atoms with Crippen LogP contribution in [-0.2, 0) is 0 Å². The van der Waals surface area contributed by atoms with Crippen molar-refractivity contribution in [2.45, 2.75) is 6.92 Å². The van der Waals surface area contributed by atoms with Crippen molar-refractivity contribution >= 4 is 17.9 Å². The number of aromatic nitrogens is 1. The number of benzene rings is 1. The zero-order chi connectivity index (χ0) is 11.5. The number of hydrogen-bond donors (Lipinski definition) is 0. The van der Waals surface area contributed by atoms with Crippen molar-refractivity contribution in [3.8, 4) is 11.3 Å². The minimum absolute atomic E-state index is 0.591. The summed E-state index contributed by atoms with van der Waals surface area (Å²) in [6.07, 6.45) is 2.49. The largest absolute Gasteiger partial charge is 0.298 e. The Labute approximate surface area is 98.9 Å². The lowest BCUT2D eigenvalue weighted by molar-refractivity contribution is 0.112. The highest BCUT2D eigenvalue weighted by Gasteiger charge is 2.08. The molecule has 2 rings (SSSR count). The van der Waals surface area contributed by atoms with Crippen molar-refractivity contribution in [1.82, 2.24) is 4.98 Å². The molecule has 0 radical (unpaired) electrons. The van der Waals surface area contributed by atoms with Crippen LogP contribution in [0.25, 0.3) is 11.3 Å². The van der Waals surface area contributed by atoms with Gasteiger partial charge >= 0.3 is 0 Å². The van der Waals surface area contributed by atoms with Gasteiger partial charge in [0.15, 0.2) is 6.29 Å². The molecule has 1 aromatic carbocycles. The fraction of sp³-hybridized carbons (Fsp3) is 0.0769. The van der Waals surface area contributed by atoms with E-state index in [-0.39, 0.29) is 0 Å². The van der Waals surface area contributed by atoms with Crippen LogP contribution in [0.4, 0.5) is 0 Å². The second-order valence-corrected chi connectivity index (χ2v) is 3.95. The average molecular weight is 232 g/mol. The Balaban J connectivity index is 2.62. The third kappa shape index (κ3) is 1.97. The Bertz CT molecular complexity index is 537. The number of nitrogens with zero attached hydrogens (tertiary/aromatic N) is 1. The van der Waals surface area contributed by atoms with E-state index in [1.54, 1.807) is 24.4 Å². The van der Waals surface area contributed by atoms with Crippen LogP contribution in [0, 0.1) is 6.92 Å². The van der Waals surface area contributed by atoms with Crippen LogP contribution in [0.1, 0.15) is 15.9 Å². The Kier molecular flexibility index (Phi) is 3.02. The van der Waals surface area contributed by atoms with Gasteiger partial charge in [-0.3, -0.25) is 9.78 Å². The van der Waals surface area contributed by atoms with Gasteiger partial charge in [-0.15, -0.1) is 0 Å². The van der Waals surface area contributed by atoms with Gasteiger partial charge < -0.3 is 0 Å². The molecule has 0 N–H and O–H groups in total. The molecule has 0 bridgehead atoms. The summed E-state index contributed by atoms with van der Waals surface area (Å²) in [6, 6.07) is 9.04. The fourth-order valence-electron chi connectivity index (χ4n) is 1.63. The van der Waals surface area contributed by atoms with E-state index < -0.39 is 0 Å². The number of rotatable bonds is 2. The van der Waals surface area contributed by atoms with Crippen LogP contribution in [0.2, 0.25) is 5.02 Å². The molecule has 0 aliphatic carbocycles. The maximum atomic E-state index is 10.9. The highest BCUT2D eigenvalue weighted by atomic mass is 35.5. The normalized spacial score (nSPS) is 10.1. The van der Waals surface area contributed by atoms with Gasteiger partial charge in [0.1, 0.15) is 0 Å². The quantitative estimate of drug-likeness (QED) is 0.741. The first-order chi connectivity index (χ1) is 7.72. The Morgan fingerprint density at radius 1 is 1.31 bits per heavy atom. The minimum Gasteiger partial charge on any atom is -0.298 e. The molecule has 0 atom stereocenters. The minimum atomic E-state index is 0.591. The molecule has 3 heteroatoms. The molecule has 2 nitrogen and oxygen atoms in total. The van der Waals surface area contributed by atoms with Crippen molar-refractivity contribution in [2.24, 2.45) is 0 Å². The SMILES string of the molecule is Cc1cc(Cl)ccc1-c1ncccc1C=O. The van der Waals surface area contributed by atoms with Gasteiger partial charge in [0.05, 0.1) is 5.69 Å². The van der Waals surface area contributed by atoms with E-state index in [4.69, 9.17) is 11.6 Å². The summed E-state index contributed by atoms with van der Waals surface area (Å²) in [7, 11) is 0. The molecule has 0 unspecified atom stereocenters. The molecule has 0 aliphatic heterocycles. The number of aryl methyl sites for hydroxylation is 1. The summed E-state index contributed by atoms with van der Waals surface area (Å²) in [6.45, 7) is 1.95. The molecule has 1 aromatic heterocycles. The summed E-state index contributed by atoms with van der Waals surface area (Å²) < 4.78 is 0. The fourth-order valence-corrected chi connectivity index (χ4v) is 1.86. The monoisotopic (exact) mass is 231 g/mol. The number of aldehydes is 1. The van der Waals surface area contributed by atoms with Crippen molar-refractivity contribution in [3.05, 3.63) is 52.7 Å². The summed E-state index contributed by atoms with van der Waals surface area (Å²) in [5.41, 5.74) is 3.24. The smallest absolute Gasteiger partial charge is 0.152 e.